The van der Waals surface area contributed by atoms with Crippen molar-refractivity contribution in [3.8, 4) is 5.69 Å². The third-order valence-corrected chi connectivity index (χ3v) is 5.32. The number of rotatable bonds is 4. The van der Waals surface area contributed by atoms with Crippen LogP contribution < -0.4 is 10.6 Å². The number of carbonyl (C=O) groups excluding carboxylic acids is 2. The van der Waals surface area contributed by atoms with Gasteiger partial charge in [0.05, 0.1) is 16.4 Å². The van der Waals surface area contributed by atoms with E-state index in [0.717, 1.165) is 17.7 Å². The summed E-state index contributed by atoms with van der Waals surface area (Å²) in [6.07, 6.45) is 2.86. The van der Waals surface area contributed by atoms with Gasteiger partial charge in [0.2, 0.25) is 5.91 Å². The molecule has 0 spiro atoms. The Morgan fingerprint density at radius 2 is 2.00 bits per heavy atom. The maximum absolute atomic E-state index is 12.9. The van der Waals surface area contributed by atoms with Crippen LogP contribution in [0.15, 0.2) is 48.8 Å². The minimum absolute atomic E-state index is 0.226. The van der Waals surface area contributed by atoms with Gasteiger partial charge in [-0.1, -0.05) is 23.7 Å². The third kappa shape index (κ3) is 4.11. The average molecular weight is 426 g/mol. The molecule has 2 N–H and O–H groups in total. The monoisotopic (exact) mass is 425 g/mol. The lowest BCUT2D eigenvalue weighted by Gasteiger charge is -2.24. The zero-order valence-electron chi connectivity index (χ0n) is 16.2. The number of nitrogens with zero attached hydrogens (tertiary/aromatic N) is 5. The summed E-state index contributed by atoms with van der Waals surface area (Å²) in [7, 11) is 0. The smallest absolute Gasteiger partial charge is 0.322 e. The Labute approximate surface area is 178 Å². The van der Waals surface area contributed by atoms with Gasteiger partial charge in [-0.2, -0.15) is 0 Å². The molecule has 1 aromatic heterocycles. The highest BCUT2D eigenvalue weighted by molar-refractivity contribution is 6.33. The average Bonchev–Trinajstić information content (AvgIpc) is 3.42. The first kappa shape index (κ1) is 19.8. The fraction of sp³-hybridized carbons (Fsp3) is 0.250. The second-order valence-corrected chi connectivity index (χ2v) is 7.41. The fourth-order valence-corrected chi connectivity index (χ4v) is 3.70. The van der Waals surface area contributed by atoms with Crippen LogP contribution in [0, 0.1) is 6.92 Å². The van der Waals surface area contributed by atoms with Gasteiger partial charge in [0.15, 0.2) is 0 Å². The predicted molar refractivity (Wildman–Crippen MR) is 113 cm³/mol. The van der Waals surface area contributed by atoms with Crippen molar-refractivity contribution in [3.05, 3.63) is 59.4 Å². The first-order valence-corrected chi connectivity index (χ1v) is 9.88. The van der Waals surface area contributed by atoms with Crippen LogP contribution in [-0.2, 0) is 4.79 Å². The van der Waals surface area contributed by atoms with Gasteiger partial charge >= 0.3 is 6.03 Å². The number of urea groups is 1. The predicted octanol–water partition coefficient (Wildman–Crippen LogP) is 3.26. The summed E-state index contributed by atoms with van der Waals surface area (Å²) in [5, 5.41) is 17.3. The van der Waals surface area contributed by atoms with Gasteiger partial charge in [0.1, 0.15) is 12.4 Å². The van der Waals surface area contributed by atoms with E-state index in [1.165, 1.54) is 6.33 Å². The van der Waals surface area contributed by atoms with E-state index in [2.05, 4.69) is 26.2 Å². The van der Waals surface area contributed by atoms with Crippen LogP contribution in [0.25, 0.3) is 5.69 Å². The number of hydrogen-bond acceptors (Lipinski definition) is 5. The highest BCUT2D eigenvalue weighted by Gasteiger charge is 2.34. The largest absolute Gasteiger partial charge is 0.324 e. The zero-order chi connectivity index (χ0) is 21.1. The Balaban J connectivity index is 1.44. The Bertz CT molecular complexity index is 1070. The topological polar surface area (TPSA) is 105 Å². The number of aromatic nitrogens is 4. The van der Waals surface area contributed by atoms with E-state index in [9.17, 15) is 9.59 Å². The number of nitrogens with one attached hydrogen (secondary N) is 2. The van der Waals surface area contributed by atoms with E-state index < -0.39 is 6.04 Å². The number of amides is 3. The van der Waals surface area contributed by atoms with Gasteiger partial charge in [-0.15, -0.1) is 5.10 Å². The van der Waals surface area contributed by atoms with E-state index in [4.69, 9.17) is 11.6 Å². The number of benzene rings is 2. The van der Waals surface area contributed by atoms with Crippen molar-refractivity contribution >= 4 is 34.9 Å². The SMILES string of the molecule is Cc1cc(NC(=O)[C@H]2CCCN2C(=O)Nc2ccccc2Cl)ccc1-n1cnnn1. The second-order valence-electron chi connectivity index (χ2n) is 7.01. The van der Waals surface area contributed by atoms with Crippen LogP contribution in [0.1, 0.15) is 18.4 Å². The minimum atomic E-state index is -0.549. The van der Waals surface area contributed by atoms with Crippen LogP contribution in [0.2, 0.25) is 5.02 Å². The van der Waals surface area contributed by atoms with Crippen molar-refractivity contribution in [1.82, 2.24) is 25.1 Å². The van der Waals surface area contributed by atoms with Gasteiger partial charge in [0, 0.05) is 12.2 Å². The van der Waals surface area contributed by atoms with E-state index in [0.29, 0.717) is 29.4 Å². The number of tetrazole rings is 1. The van der Waals surface area contributed by atoms with Gasteiger partial charge in [-0.25, -0.2) is 9.48 Å². The molecule has 2 heterocycles. The van der Waals surface area contributed by atoms with Crippen LogP contribution >= 0.6 is 11.6 Å². The highest BCUT2D eigenvalue weighted by atomic mass is 35.5. The standard InChI is InChI=1S/C20H20ClN7O2/c1-13-11-14(8-9-17(13)28-12-22-25-26-28)23-19(29)18-7-4-10-27(18)20(30)24-16-6-3-2-5-15(16)21/h2-3,5-6,8-9,11-12,18H,4,7,10H2,1H3,(H,23,29)(H,24,30)/t18-/m1/s1. The number of carbonyl (C=O) groups is 2. The Kier molecular flexibility index (Phi) is 5.62. The van der Waals surface area contributed by atoms with Gasteiger partial charge in [0.25, 0.3) is 0 Å². The Hall–Kier alpha value is -3.46. The first-order valence-electron chi connectivity index (χ1n) is 9.50. The van der Waals surface area contributed by atoms with Gasteiger partial charge in [-0.3, -0.25) is 4.79 Å². The van der Waals surface area contributed by atoms with Crippen molar-refractivity contribution in [1.29, 1.82) is 0 Å². The molecule has 0 aliphatic carbocycles. The van der Waals surface area contributed by atoms with Crippen molar-refractivity contribution < 1.29 is 9.59 Å². The van der Waals surface area contributed by atoms with E-state index in [1.54, 1.807) is 39.9 Å². The molecule has 1 aliphatic rings. The van der Waals surface area contributed by atoms with Crippen LogP contribution in [0.3, 0.4) is 0 Å². The second kappa shape index (κ2) is 8.50. The normalized spacial score (nSPS) is 15.8. The summed E-state index contributed by atoms with van der Waals surface area (Å²) >= 11 is 6.12. The Morgan fingerprint density at radius 3 is 2.73 bits per heavy atom. The first-order chi connectivity index (χ1) is 14.5. The van der Waals surface area contributed by atoms with E-state index >= 15 is 0 Å². The minimum Gasteiger partial charge on any atom is -0.324 e. The molecule has 1 atom stereocenters. The fourth-order valence-electron chi connectivity index (χ4n) is 3.52. The number of hydrogen-bond donors (Lipinski definition) is 2. The summed E-state index contributed by atoms with van der Waals surface area (Å²) in [6, 6.07) is 11.6. The Morgan fingerprint density at radius 1 is 1.17 bits per heavy atom. The number of aryl methyl sites for hydroxylation is 1. The van der Waals surface area contributed by atoms with Crippen molar-refractivity contribution in [3.63, 3.8) is 0 Å². The molecule has 3 amide bonds. The van der Waals surface area contributed by atoms with Crippen LogP contribution in [-0.4, -0.2) is 49.6 Å². The molecule has 1 aliphatic heterocycles. The van der Waals surface area contributed by atoms with E-state index in [-0.39, 0.29) is 11.9 Å². The number of halogens is 1. The number of likely N-dealkylation sites (tertiary alicyclic amines) is 1. The molecule has 10 heteroatoms. The molecule has 4 rings (SSSR count). The van der Waals surface area contributed by atoms with Gasteiger partial charge in [-0.05, 0) is 66.1 Å². The van der Waals surface area contributed by atoms with Crippen molar-refractivity contribution in [2.24, 2.45) is 0 Å². The summed E-state index contributed by atoms with van der Waals surface area (Å²) < 4.78 is 1.55. The number of para-hydroxylation sites is 1. The maximum atomic E-state index is 12.9. The van der Waals surface area contributed by atoms with Crippen molar-refractivity contribution in [2.75, 3.05) is 17.2 Å². The summed E-state index contributed by atoms with van der Waals surface area (Å²) in [4.78, 5) is 27.1. The molecular weight excluding hydrogens is 406 g/mol. The molecule has 0 radical (unpaired) electrons. The quantitative estimate of drug-likeness (QED) is 0.667. The zero-order valence-corrected chi connectivity index (χ0v) is 17.0. The molecule has 0 bridgehead atoms. The molecule has 9 nitrogen and oxygen atoms in total. The van der Waals surface area contributed by atoms with Crippen molar-refractivity contribution in [2.45, 2.75) is 25.8 Å². The number of anilines is 2. The maximum Gasteiger partial charge on any atom is 0.322 e. The third-order valence-electron chi connectivity index (χ3n) is 4.99. The lowest BCUT2D eigenvalue weighted by atomic mass is 10.1. The molecule has 2 aromatic carbocycles. The van der Waals surface area contributed by atoms with Crippen LogP contribution in [0.5, 0.6) is 0 Å². The lowest BCUT2D eigenvalue weighted by Crippen LogP contribution is -2.45. The molecular formula is C20H20ClN7O2. The van der Waals surface area contributed by atoms with E-state index in [1.807, 2.05) is 19.1 Å². The summed E-state index contributed by atoms with van der Waals surface area (Å²) in [6.45, 7) is 2.41. The van der Waals surface area contributed by atoms with Crippen LogP contribution in [0.4, 0.5) is 16.2 Å². The molecule has 1 fully saturated rings. The lowest BCUT2D eigenvalue weighted by molar-refractivity contribution is -0.119. The highest BCUT2D eigenvalue weighted by Crippen LogP contribution is 2.25. The molecule has 1 saturated heterocycles. The molecule has 3 aromatic rings. The molecule has 0 saturated carbocycles. The molecule has 0 unspecified atom stereocenters. The van der Waals surface area contributed by atoms with Gasteiger partial charge < -0.3 is 15.5 Å². The summed E-state index contributed by atoms with van der Waals surface area (Å²) in [5.74, 6) is -0.226. The molecule has 154 valence electrons. The summed E-state index contributed by atoms with van der Waals surface area (Å²) in [5.41, 5.74) is 2.89. The molecule has 30 heavy (non-hydrogen) atoms.